The summed E-state index contributed by atoms with van der Waals surface area (Å²) in [6, 6.07) is 12.6. The fraction of sp³-hybridized carbons (Fsp3) is 0.273. The van der Waals surface area contributed by atoms with Crippen LogP contribution >= 0.6 is 11.8 Å². The predicted octanol–water partition coefficient (Wildman–Crippen LogP) is 3.30. The van der Waals surface area contributed by atoms with Crippen molar-refractivity contribution in [3.8, 4) is 11.8 Å². The standard InChI is InChI=1S/C22H22N4O4S/c1-3-29-15-8-6-14(7-9-15)26-18(27)12-31-22-16(11-23)20(17-5-4-10-30-17)19(21(24)28)13(2)25-22/h4-10,16,19-20H,2-3,12H2,1H3,(H2,24,28)(H,26,27)/t16?,19-,20-/m1/s1. The molecule has 3 rings (SSSR count). The number of thioether (sulfide) groups is 1. The summed E-state index contributed by atoms with van der Waals surface area (Å²) >= 11 is 1.12. The number of hydrogen-bond acceptors (Lipinski definition) is 7. The zero-order valence-electron chi connectivity index (χ0n) is 16.9. The number of nitrogens with two attached hydrogens (primary N) is 1. The first-order valence-corrected chi connectivity index (χ1v) is 10.6. The molecule has 0 radical (unpaired) electrons. The zero-order chi connectivity index (χ0) is 22.4. The molecule has 9 heteroatoms. The Labute approximate surface area is 184 Å². The summed E-state index contributed by atoms with van der Waals surface area (Å²) in [6.45, 7) is 6.30. The largest absolute Gasteiger partial charge is 0.494 e. The van der Waals surface area contributed by atoms with E-state index in [-0.39, 0.29) is 17.4 Å². The Bertz CT molecular complexity index is 1020. The number of nitrogens with zero attached hydrogens (tertiary/aromatic N) is 2. The molecule has 0 fully saturated rings. The predicted molar refractivity (Wildman–Crippen MR) is 119 cm³/mol. The minimum Gasteiger partial charge on any atom is -0.494 e. The van der Waals surface area contributed by atoms with Crippen LogP contribution in [0, 0.1) is 23.2 Å². The Morgan fingerprint density at radius 3 is 2.68 bits per heavy atom. The van der Waals surface area contributed by atoms with Crippen molar-refractivity contribution >= 4 is 34.3 Å². The van der Waals surface area contributed by atoms with E-state index in [1.165, 1.54) is 6.26 Å². The van der Waals surface area contributed by atoms with Crippen molar-refractivity contribution in [2.45, 2.75) is 12.8 Å². The maximum absolute atomic E-state index is 12.4. The molecule has 1 aliphatic heterocycles. The molecule has 1 aromatic heterocycles. The molecule has 31 heavy (non-hydrogen) atoms. The van der Waals surface area contributed by atoms with Crippen LogP contribution in [-0.4, -0.2) is 29.2 Å². The average Bonchev–Trinajstić information content (AvgIpc) is 3.27. The highest BCUT2D eigenvalue weighted by Crippen LogP contribution is 2.43. The van der Waals surface area contributed by atoms with Crippen molar-refractivity contribution in [2.24, 2.45) is 22.6 Å². The number of furan rings is 1. The molecule has 0 saturated heterocycles. The summed E-state index contributed by atoms with van der Waals surface area (Å²) in [5.74, 6) is -2.00. The quantitative estimate of drug-likeness (QED) is 0.682. The average molecular weight is 439 g/mol. The van der Waals surface area contributed by atoms with E-state index in [0.717, 1.165) is 17.5 Å². The number of aliphatic imine (C=N–C) groups is 1. The monoisotopic (exact) mass is 438 g/mol. The molecule has 2 amide bonds. The third kappa shape index (κ3) is 5.16. The van der Waals surface area contributed by atoms with Gasteiger partial charge in [0.25, 0.3) is 0 Å². The number of primary amides is 1. The van der Waals surface area contributed by atoms with Crippen LogP contribution in [0.3, 0.4) is 0 Å². The topological polar surface area (TPSA) is 131 Å². The third-order valence-corrected chi connectivity index (χ3v) is 5.76. The van der Waals surface area contributed by atoms with Crippen molar-refractivity contribution in [1.82, 2.24) is 0 Å². The van der Waals surface area contributed by atoms with Gasteiger partial charge in [-0.15, -0.1) is 0 Å². The van der Waals surface area contributed by atoms with E-state index >= 15 is 0 Å². The Morgan fingerprint density at radius 1 is 1.35 bits per heavy atom. The number of carbonyl (C=O) groups is 2. The molecule has 1 aliphatic rings. The number of benzene rings is 1. The van der Waals surface area contributed by atoms with Crippen LogP contribution in [0.1, 0.15) is 18.6 Å². The Balaban J connectivity index is 1.72. The van der Waals surface area contributed by atoms with Gasteiger partial charge in [0.15, 0.2) is 0 Å². The zero-order valence-corrected chi connectivity index (χ0v) is 17.7. The van der Waals surface area contributed by atoms with Gasteiger partial charge in [-0.2, -0.15) is 5.26 Å². The summed E-state index contributed by atoms with van der Waals surface area (Å²) in [7, 11) is 0. The number of anilines is 1. The maximum atomic E-state index is 12.4. The van der Waals surface area contributed by atoms with Gasteiger partial charge in [0.2, 0.25) is 11.8 Å². The molecule has 2 aromatic rings. The first-order chi connectivity index (χ1) is 14.9. The fourth-order valence-electron chi connectivity index (χ4n) is 3.38. The number of hydrogen-bond donors (Lipinski definition) is 2. The van der Waals surface area contributed by atoms with Gasteiger partial charge in [0.05, 0.1) is 41.6 Å². The van der Waals surface area contributed by atoms with Gasteiger partial charge in [-0.3, -0.25) is 9.59 Å². The second kappa shape index (κ2) is 10.00. The first kappa shape index (κ1) is 22.2. The minimum absolute atomic E-state index is 0.0314. The van der Waals surface area contributed by atoms with Gasteiger partial charge in [-0.25, -0.2) is 4.99 Å². The molecule has 8 nitrogen and oxygen atoms in total. The number of rotatable bonds is 7. The molecule has 1 aromatic carbocycles. The van der Waals surface area contributed by atoms with Crippen LogP contribution in [0.25, 0.3) is 0 Å². The third-order valence-electron chi connectivity index (χ3n) is 4.71. The Kier molecular flexibility index (Phi) is 7.15. The second-order valence-electron chi connectivity index (χ2n) is 6.76. The fourth-order valence-corrected chi connectivity index (χ4v) is 4.29. The number of amides is 2. The van der Waals surface area contributed by atoms with E-state index in [4.69, 9.17) is 14.9 Å². The van der Waals surface area contributed by atoms with E-state index in [0.29, 0.717) is 23.1 Å². The van der Waals surface area contributed by atoms with Crippen LogP contribution in [0.2, 0.25) is 0 Å². The molecule has 2 heterocycles. The van der Waals surface area contributed by atoms with E-state index in [9.17, 15) is 14.9 Å². The summed E-state index contributed by atoms with van der Waals surface area (Å²) in [5, 5.41) is 13.0. The molecule has 160 valence electrons. The SMILES string of the molecule is C=C1N=C(SCC(=O)Nc2ccc(OCC)cc2)C(C#N)[C@H](c2ccco2)[C@@H]1C(N)=O. The lowest BCUT2D eigenvalue weighted by atomic mass is 9.77. The summed E-state index contributed by atoms with van der Waals surface area (Å²) in [6.07, 6.45) is 1.47. The second-order valence-corrected chi connectivity index (χ2v) is 7.76. The number of carbonyl (C=O) groups excluding carboxylic acids is 2. The van der Waals surface area contributed by atoms with Crippen LogP contribution < -0.4 is 15.8 Å². The van der Waals surface area contributed by atoms with Gasteiger partial charge in [-0.05, 0) is 43.3 Å². The van der Waals surface area contributed by atoms with Gasteiger partial charge in [0, 0.05) is 11.4 Å². The van der Waals surface area contributed by atoms with Crippen molar-refractivity contribution < 1.29 is 18.7 Å². The van der Waals surface area contributed by atoms with E-state index in [1.54, 1.807) is 36.4 Å². The lowest BCUT2D eigenvalue weighted by Gasteiger charge is -2.32. The molecule has 1 unspecified atom stereocenters. The van der Waals surface area contributed by atoms with E-state index in [2.05, 4.69) is 23.0 Å². The van der Waals surface area contributed by atoms with Crippen molar-refractivity contribution in [1.29, 1.82) is 5.26 Å². The smallest absolute Gasteiger partial charge is 0.234 e. The summed E-state index contributed by atoms with van der Waals surface area (Å²) < 4.78 is 10.8. The molecule has 0 saturated carbocycles. The van der Waals surface area contributed by atoms with Crippen molar-refractivity contribution in [2.75, 3.05) is 17.7 Å². The number of ether oxygens (including phenoxy) is 1. The van der Waals surface area contributed by atoms with E-state index < -0.39 is 23.7 Å². The highest BCUT2D eigenvalue weighted by atomic mass is 32.2. The Morgan fingerprint density at radius 2 is 2.10 bits per heavy atom. The molecule has 0 bridgehead atoms. The molecule has 0 spiro atoms. The van der Waals surface area contributed by atoms with Crippen LogP contribution in [0.5, 0.6) is 5.75 Å². The molecular weight excluding hydrogens is 416 g/mol. The van der Waals surface area contributed by atoms with Crippen molar-refractivity contribution in [3.63, 3.8) is 0 Å². The van der Waals surface area contributed by atoms with Crippen LogP contribution in [0.15, 0.2) is 64.3 Å². The van der Waals surface area contributed by atoms with Crippen molar-refractivity contribution in [3.05, 3.63) is 60.7 Å². The number of nitriles is 1. The summed E-state index contributed by atoms with van der Waals surface area (Å²) in [5.41, 5.74) is 6.43. The van der Waals surface area contributed by atoms with Gasteiger partial charge >= 0.3 is 0 Å². The molecule has 3 N–H and O–H groups in total. The van der Waals surface area contributed by atoms with E-state index in [1.807, 2.05) is 6.92 Å². The van der Waals surface area contributed by atoms with Gasteiger partial charge < -0.3 is 20.2 Å². The molecule has 3 atom stereocenters. The molecular formula is C22H22N4O4S. The Hall–Kier alpha value is -3.51. The van der Waals surface area contributed by atoms with Gasteiger partial charge in [0.1, 0.15) is 17.4 Å². The van der Waals surface area contributed by atoms with Crippen LogP contribution in [-0.2, 0) is 9.59 Å². The summed E-state index contributed by atoms with van der Waals surface area (Å²) in [4.78, 5) is 28.8. The highest BCUT2D eigenvalue weighted by Gasteiger charge is 2.44. The lowest BCUT2D eigenvalue weighted by Crippen LogP contribution is -2.38. The first-order valence-electron chi connectivity index (χ1n) is 9.59. The number of nitrogens with one attached hydrogen (secondary N) is 1. The lowest BCUT2D eigenvalue weighted by molar-refractivity contribution is -0.121. The van der Waals surface area contributed by atoms with Gasteiger partial charge in [-0.1, -0.05) is 18.3 Å². The van der Waals surface area contributed by atoms with Crippen LogP contribution in [0.4, 0.5) is 5.69 Å². The minimum atomic E-state index is -0.863. The normalized spacial score (nSPS) is 20.5. The maximum Gasteiger partial charge on any atom is 0.234 e. The molecule has 0 aliphatic carbocycles. The highest BCUT2D eigenvalue weighted by molar-refractivity contribution is 8.14.